The number of amides is 1. The van der Waals surface area contributed by atoms with Gasteiger partial charge in [0.25, 0.3) is 0 Å². The van der Waals surface area contributed by atoms with E-state index in [2.05, 4.69) is 20.8 Å². The van der Waals surface area contributed by atoms with Crippen molar-refractivity contribution in [2.24, 2.45) is 11.8 Å². The molecule has 1 unspecified atom stereocenters. The molecule has 7 nitrogen and oxygen atoms in total. The smallest absolute Gasteiger partial charge is 0.245 e. The first kappa shape index (κ1) is 17.0. The molecule has 0 spiro atoms. The molecule has 7 heteroatoms. The highest BCUT2D eigenvalue weighted by Gasteiger charge is 2.51. The highest BCUT2D eigenvalue weighted by Crippen LogP contribution is 2.49. The van der Waals surface area contributed by atoms with Gasteiger partial charge in [-0.1, -0.05) is 25.0 Å². The van der Waals surface area contributed by atoms with Crippen molar-refractivity contribution < 1.29 is 9.53 Å². The van der Waals surface area contributed by atoms with Crippen LogP contribution < -0.4 is 10.1 Å². The van der Waals surface area contributed by atoms with Gasteiger partial charge < -0.3 is 10.1 Å². The summed E-state index contributed by atoms with van der Waals surface area (Å²) in [6.07, 6.45) is 5.57. The van der Waals surface area contributed by atoms with Crippen LogP contribution in [-0.4, -0.2) is 39.3 Å². The molecule has 4 atom stereocenters. The van der Waals surface area contributed by atoms with Crippen molar-refractivity contribution in [1.82, 2.24) is 25.5 Å². The van der Waals surface area contributed by atoms with Crippen molar-refractivity contribution in [1.29, 1.82) is 0 Å². The second-order valence-electron chi connectivity index (χ2n) is 7.39. The number of hydrogen-bond donors (Lipinski definition) is 1. The largest absolute Gasteiger partial charge is 0.497 e. The van der Waals surface area contributed by atoms with Crippen LogP contribution in [-0.2, 0) is 11.2 Å². The van der Waals surface area contributed by atoms with E-state index in [-0.39, 0.29) is 5.91 Å². The van der Waals surface area contributed by atoms with Crippen molar-refractivity contribution in [2.75, 3.05) is 7.11 Å². The molecule has 1 heterocycles. The number of carbonyl (C=O) groups excluding carboxylic acids is 1. The second kappa shape index (κ2) is 7.05. The summed E-state index contributed by atoms with van der Waals surface area (Å²) in [7, 11) is 1.64. The van der Waals surface area contributed by atoms with E-state index in [4.69, 9.17) is 4.74 Å². The summed E-state index contributed by atoms with van der Waals surface area (Å²) in [5.74, 6) is 2.76. The normalized spacial score (nSPS) is 25.2. The van der Waals surface area contributed by atoms with E-state index in [0.717, 1.165) is 11.3 Å². The van der Waals surface area contributed by atoms with Crippen molar-refractivity contribution in [3.05, 3.63) is 35.7 Å². The van der Waals surface area contributed by atoms with E-state index in [9.17, 15) is 4.79 Å². The molecule has 0 aliphatic heterocycles. The fourth-order valence-electron chi connectivity index (χ4n) is 4.31. The molecular weight excluding hydrogens is 330 g/mol. The lowest BCUT2D eigenvalue weighted by Gasteiger charge is -2.18. The highest BCUT2D eigenvalue weighted by atomic mass is 16.5. The number of carbonyl (C=O) groups is 1. The van der Waals surface area contributed by atoms with Crippen molar-refractivity contribution >= 4 is 5.91 Å². The van der Waals surface area contributed by atoms with Gasteiger partial charge in [0.1, 0.15) is 17.6 Å². The molecule has 2 aliphatic carbocycles. The molecule has 1 N–H and O–H groups in total. The third-order valence-corrected chi connectivity index (χ3v) is 5.78. The van der Waals surface area contributed by atoms with E-state index in [1.54, 1.807) is 11.8 Å². The van der Waals surface area contributed by atoms with Crippen molar-refractivity contribution in [3.63, 3.8) is 0 Å². The molecule has 1 aromatic carbocycles. The number of ether oxygens (including phenoxy) is 1. The maximum Gasteiger partial charge on any atom is 0.245 e. The van der Waals surface area contributed by atoms with Gasteiger partial charge in [0.2, 0.25) is 5.91 Å². The molecule has 0 radical (unpaired) electrons. The SMILES string of the molecule is COc1cccc(C[C@@H](C(=O)NC2[C@H]3CCCC[C@@H]23)n2nnnc2C)c1. The number of hydrogen-bond acceptors (Lipinski definition) is 5. The third-order valence-electron chi connectivity index (χ3n) is 5.78. The average molecular weight is 355 g/mol. The summed E-state index contributed by atoms with van der Waals surface area (Å²) in [6, 6.07) is 7.66. The molecule has 1 aromatic heterocycles. The third kappa shape index (κ3) is 3.30. The van der Waals surface area contributed by atoms with Crippen LogP contribution in [0.1, 0.15) is 43.1 Å². The maximum absolute atomic E-state index is 13.1. The Hall–Kier alpha value is -2.44. The lowest BCUT2D eigenvalue weighted by molar-refractivity contribution is -0.125. The van der Waals surface area contributed by atoms with Gasteiger partial charge in [-0.3, -0.25) is 4.79 Å². The number of benzene rings is 1. The Morgan fingerprint density at radius 3 is 2.77 bits per heavy atom. The minimum absolute atomic E-state index is 0.00243. The zero-order valence-electron chi connectivity index (χ0n) is 15.3. The fraction of sp³-hybridized carbons (Fsp3) is 0.579. The highest BCUT2D eigenvalue weighted by molar-refractivity contribution is 5.81. The van der Waals surface area contributed by atoms with E-state index < -0.39 is 6.04 Å². The number of methoxy groups -OCH3 is 1. The number of aromatic nitrogens is 4. The standard InChI is InChI=1S/C19H25N5O2/c1-12-21-22-23-24(12)17(11-13-6-5-7-14(10-13)26-2)19(25)20-18-15-8-3-4-9-16(15)18/h5-7,10,15-18H,3-4,8-9,11H2,1-2H3,(H,20,25)/t15-,16+,17-,18?/m0/s1. The Balaban J connectivity index is 1.53. The summed E-state index contributed by atoms with van der Waals surface area (Å²) in [5, 5.41) is 15.0. The van der Waals surface area contributed by atoms with E-state index in [1.807, 2.05) is 31.2 Å². The Bertz CT molecular complexity index is 778. The van der Waals surface area contributed by atoms with Crippen molar-refractivity contribution in [3.8, 4) is 5.75 Å². The Morgan fingerprint density at radius 2 is 2.12 bits per heavy atom. The van der Waals surface area contributed by atoms with Gasteiger partial charge in [-0.15, -0.1) is 5.10 Å². The number of nitrogens with one attached hydrogen (secondary N) is 1. The van der Waals surface area contributed by atoms with Gasteiger partial charge in [0.15, 0.2) is 0 Å². The van der Waals surface area contributed by atoms with Gasteiger partial charge >= 0.3 is 0 Å². The summed E-state index contributed by atoms with van der Waals surface area (Å²) in [5.41, 5.74) is 1.02. The lowest BCUT2D eigenvalue weighted by atomic mass is 10.0. The van der Waals surface area contributed by atoms with Crippen LogP contribution >= 0.6 is 0 Å². The first-order valence-electron chi connectivity index (χ1n) is 9.35. The van der Waals surface area contributed by atoms with Crippen LogP contribution in [0, 0.1) is 18.8 Å². The molecule has 2 fully saturated rings. The topological polar surface area (TPSA) is 81.9 Å². The minimum atomic E-state index is -0.459. The van der Waals surface area contributed by atoms with Crippen LogP contribution in [0.4, 0.5) is 0 Å². The summed E-state index contributed by atoms with van der Waals surface area (Å²) in [4.78, 5) is 13.1. The monoisotopic (exact) mass is 355 g/mol. The molecule has 0 bridgehead atoms. The van der Waals surface area contributed by atoms with Crippen LogP contribution in [0.5, 0.6) is 5.75 Å². The Morgan fingerprint density at radius 1 is 1.35 bits per heavy atom. The molecule has 0 saturated heterocycles. The molecule has 2 aliphatic rings. The van der Waals surface area contributed by atoms with E-state index >= 15 is 0 Å². The molecular formula is C19H25N5O2. The zero-order valence-corrected chi connectivity index (χ0v) is 15.3. The minimum Gasteiger partial charge on any atom is -0.497 e. The second-order valence-corrected chi connectivity index (χ2v) is 7.39. The first-order valence-corrected chi connectivity index (χ1v) is 9.35. The molecule has 138 valence electrons. The summed E-state index contributed by atoms with van der Waals surface area (Å²) < 4.78 is 6.93. The molecule has 2 saturated carbocycles. The van der Waals surface area contributed by atoms with E-state index in [0.29, 0.717) is 30.1 Å². The number of fused-ring (bicyclic) bond motifs is 1. The lowest BCUT2D eigenvalue weighted by Crippen LogP contribution is -2.37. The Labute approximate surface area is 153 Å². The zero-order chi connectivity index (χ0) is 18.1. The molecule has 26 heavy (non-hydrogen) atoms. The molecule has 2 aromatic rings. The van der Waals surface area contributed by atoms with Gasteiger partial charge in [-0.2, -0.15) is 0 Å². The van der Waals surface area contributed by atoms with Gasteiger partial charge in [0, 0.05) is 12.5 Å². The van der Waals surface area contributed by atoms with Gasteiger partial charge in [-0.05, 0) is 59.7 Å². The maximum atomic E-state index is 13.1. The van der Waals surface area contributed by atoms with Gasteiger partial charge in [0.05, 0.1) is 7.11 Å². The number of tetrazole rings is 1. The summed E-state index contributed by atoms with van der Waals surface area (Å²) >= 11 is 0. The van der Waals surface area contributed by atoms with Crippen molar-refractivity contribution in [2.45, 2.75) is 51.1 Å². The molecule has 1 amide bonds. The van der Waals surface area contributed by atoms with E-state index in [1.165, 1.54) is 25.7 Å². The van der Waals surface area contributed by atoms with Crippen LogP contribution in [0.25, 0.3) is 0 Å². The fourth-order valence-corrected chi connectivity index (χ4v) is 4.31. The predicted molar refractivity (Wildman–Crippen MR) is 95.7 cm³/mol. The van der Waals surface area contributed by atoms with Crippen LogP contribution in [0.3, 0.4) is 0 Å². The van der Waals surface area contributed by atoms with Crippen LogP contribution in [0.15, 0.2) is 24.3 Å². The quantitative estimate of drug-likeness (QED) is 0.858. The number of aryl methyl sites for hydroxylation is 1. The predicted octanol–water partition coefficient (Wildman–Crippen LogP) is 2.08. The first-order chi connectivity index (χ1) is 12.7. The Kier molecular flexibility index (Phi) is 4.61. The van der Waals surface area contributed by atoms with Gasteiger partial charge in [-0.25, -0.2) is 4.68 Å². The summed E-state index contributed by atoms with van der Waals surface area (Å²) in [6.45, 7) is 1.82. The number of nitrogens with zero attached hydrogens (tertiary/aromatic N) is 4. The molecule has 4 rings (SSSR count). The number of rotatable bonds is 6. The average Bonchev–Trinajstić information content (AvgIpc) is 3.18. The van der Waals surface area contributed by atoms with Crippen LogP contribution in [0.2, 0.25) is 0 Å².